The lowest BCUT2D eigenvalue weighted by molar-refractivity contribution is -0.119. The molecule has 1 atom stereocenters. The second-order valence-electron chi connectivity index (χ2n) is 9.74. The normalized spacial score (nSPS) is 16.6. The number of aromatic nitrogens is 1. The number of hydrogen-bond donors (Lipinski definition) is 4. The van der Waals surface area contributed by atoms with Crippen LogP contribution in [-0.2, 0) is 9.53 Å². The fourth-order valence-electron chi connectivity index (χ4n) is 4.62. The molecule has 0 bridgehead atoms. The Balaban J connectivity index is 1.23. The van der Waals surface area contributed by atoms with Gasteiger partial charge in [0.2, 0.25) is 11.3 Å². The fourth-order valence-corrected chi connectivity index (χ4v) is 4.62. The Labute approximate surface area is 226 Å². The summed E-state index contributed by atoms with van der Waals surface area (Å²) in [5.41, 5.74) is -0.0867. The van der Waals surface area contributed by atoms with Gasteiger partial charge in [0.1, 0.15) is 23.3 Å². The smallest absolute Gasteiger partial charge is 0.414 e. The number of carbonyl (C=O) groups excluding carboxylic acids is 2. The monoisotopic (exact) mass is 555 g/mol. The zero-order valence-electron chi connectivity index (χ0n) is 21.5. The van der Waals surface area contributed by atoms with Crippen LogP contribution in [-0.4, -0.2) is 59.9 Å². The summed E-state index contributed by atoms with van der Waals surface area (Å²) in [7, 11) is 0. The van der Waals surface area contributed by atoms with Crippen molar-refractivity contribution < 1.29 is 33.0 Å². The summed E-state index contributed by atoms with van der Waals surface area (Å²) in [5, 5.41) is 17.8. The first-order valence-electron chi connectivity index (χ1n) is 12.7. The number of ether oxygens (including phenoxy) is 1. The molecule has 2 heterocycles. The molecule has 1 saturated heterocycles. The first-order chi connectivity index (χ1) is 19.1. The number of carboxylic acids is 1. The number of carbonyl (C=O) groups is 3. The molecule has 0 unspecified atom stereocenters. The zero-order valence-corrected chi connectivity index (χ0v) is 21.5. The first kappa shape index (κ1) is 26.9. The van der Waals surface area contributed by atoms with E-state index < -0.39 is 40.8 Å². The Bertz CT molecular complexity index is 1570. The summed E-state index contributed by atoms with van der Waals surface area (Å²) >= 11 is 0. The Morgan fingerprint density at radius 3 is 2.40 bits per heavy atom. The van der Waals surface area contributed by atoms with Crippen molar-refractivity contribution in [2.75, 3.05) is 41.7 Å². The van der Waals surface area contributed by atoms with Crippen LogP contribution >= 0.6 is 0 Å². The third-order valence-electron chi connectivity index (χ3n) is 6.76. The lowest BCUT2D eigenvalue weighted by atomic mass is 10.1. The summed E-state index contributed by atoms with van der Waals surface area (Å²) in [4.78, 5) is 48.6. The minimum absolute atomic E-state index is 0.00143. The summed E-state index contributed by atoms with van der Waals surface area (Å²) in [5.74, 6) is -2.92. The first-order valence-corrected chi connectivity index (χ1v) is 12.7. The number of amides is 2. The van der Waals surface area contributed by atoms with Crippen molar-refractivity contribution in [3.63, 3.8) is 0 Å². The molecule has 1 saturated carbocycles. The Hall–Kier alpha value is -4.68. The van der Waals surface area contributed by atoms with Gasteiger partial charge in [-0.2, -0.15) is 0 Å². The van der Waals surface area contributed by atoms with Crippen LogP contribution in [0.2, 0.25) is 0 Å². The Kier molecular flexibility index (Phi) is 7.28. The van der Waals surface area contributed by atoms with E-state index in [1.54, 1.807) is 10.6 Å². The highest BCUT2D eigenvalue weighted by Crippen LogP contribution is 2.37. The number of fused-ring (bicyclic) bond motifs is 1. The van der Waals surface area contributed by atoms with E-state index in [2.05, 4.69) is 16.0 Å². The van der Waals surface area contributed by atoms with E-state index >= 15 is 0 Å². The van der Waals surface area contributed by atoms with Crippen LogP contribution in [0.1, 0.15) is 36.2 Å². The molecule has 2 aliphatic rings. The van der Waals surface area contributed by atoms with Crippen molar-refractivity contribution in [3.8, 4) is 0 Å². The Morgan fingerprint density at radius 2 is 1.75 bits per heavy atom. The van der Waals surface area contributed by atoms with Gasteiger partial charge in [-0.05, 0) is 43.2 Å². The predicted octanol–water partition coefficient (Wildman–Crippen LogP) is 3.30. The van der Waals surface area contributed by atoms with E-state index in [0.29, 0.717) is 11.2 Å². The average molecular weight is 556 g/mol. The molecule has 2 aromatic carbocycles. The second kappa shape index (κ2) is 10.8. The van der Waals surface area contributed by atoms with E-state index in [-0.39, 0.29) is 54.9 Å². The highest BCUT2D eigenvalue weighted by Gasteiger charge is 2.33. The number of halogens is 2. The number of nitrogens with zero attached hydrogens (tertiary/aromatic N) is 2. The number of rotatable bonds is 10. The van der Waals surface area contributed by atoms with Crippen molar-refractivity contribution >= 4 is 45.9 Å². The molecular weight excluding hydrogens is 528 g/mol. The SMILES string of the molecule is CC(=O)NC[C@H]1CN(c2ccc(NCCNc3cc4c(cc3F)c(=O)c(C(=O)O)cn4C3CC3)c(F)c2)C(=O)O1. The van der Waals surface area contributed by atoms with Crippen molar-refractivity contribution in [2.24, 2.45) is 0 Å². The summed E-state index contributed by atoms with van der Waals surface area (Å²) in [6.45, 7) is 2.10. The molecule has 3 aromatic rings. The zero-order chi connectivity index (χ0) is 28.6. The number of pyridine rings is 1. The maximum absolute atomic E-state index is 14.8. The van der Waals surface area contributed by atoms with E-state index in [1.807, 2.05) is 0 Å². The van der Waals surface area contributed by atoms with Gasteiger partial charge in [-0.15, -0.1) is 0 Å². The van der Waals surface area contributed by atoms with Gasteiger partial charge in [-0.3, -0.25) is 14.5 Å². The fraction of sp³-hybridized carbons (Fsp3) is 0.333. The third-order valence-corrected chi connectivity index (χ3v) is 6.76. The van der Waals surface area contributed by atoms with Crippen LogP contribution in [0.25, 0.3) is 10.9 Å². The van der Waals surface area contributed by atoms with Crippen LogP contribution in [0.4, 0.5) is 30.6 Å². The molecule has 1 aliphatic heterocycles. The molecule has 210 valence electrons. The molecule has 0 spiro atoms. The number of benzene rings is 2. The van der Waals surface area contributed by atoms with E-state index in [4.69, 9.17) is 4.74 Å². The number of hydrogen-bond acceptors (Lipinski definition) is 7. The number of anilines is 3. The van der Waals surface area contributed by atoms with Crippen LogP contribution < -0.4 is 26.3 Å². The Morgan fingerprint density at radius 1 is 1.05 bits per heavy atom. The molecule has 1 aliphatic carbocycles. The minimum Gasteiger partial charge on any atom is -0.477 e. The van der Waals surface area contributed by atoms with Crippen LogP contribution in [0, 0.1) is 11.6 Å². The van der Waals surface area contributed by atoms with Gasteiger partial charge in [-0.1, -0.05) is 0 Å². The summed E-state index contributed by atoms with van der Waals surface area (Å²) < 4.78 is 36.5. The van der Waals surface area contributed by atoms with Crippen molar-refractivity contribution in [1.82, 2.24) is 9.88 Å². The highest BCUT2D eigenvalue weighted by molar-refractivity contribution is 5.93. The van der Waals surface area contributed by atoms with Crippen molar-refractivity contribution in [3.05, 3.63) is 63.9 Å². The lowest BCUT2D eigenvalue weighted by Crippen LogP contribution is -2.33. The molecule has 1 aromatic heterocycles. The number of carboxylic acid groups (broad SMARTS) is 1. The van der Waals surface area contributed by atoms with Crippen LogP contribution in [0.3, 0.4) is 0 Å². The van der Waals surface area contributed by atoms with E-state index in [1.165, 1.54) is 36.2 Å². The maximum Gasteiger partial charge on any atom is 0.414 e. The molecule has 0 radical (unpaired) electrons. The molecular formula is C27H27F2N5O6. The summed E-state index contributed by atoms with van der Waals surface area (Å²) in [6, 6.07) is 6.82. The molecule has 5 rings (SSSR count). The number of nitrogens with one attached hydrogen (secondary N) is 3. The largest absolute Gasteiger partial charge is 0.477 e. The van der Waals surface area contributed by atoms with E-state index in [0.717, 1.165) is 18.9 Å². The minimum atomic E-state index is -1.36. The number of cyclic esters (lactones) is 1. The van der Waals surface area contributed by atoms with E-state index in [9.17, 15) is 33.1 Å². The lowest BCUT2D eigenvalue weighted by Gasteiger charge is -2.16. The van der Waals surface area contributed by atoms with Gasteiger partial charge in [0, 0.05) is 37.6 Å². The van der Waals surface area contributed by atoms with Gasteiger partial charge < -0.3 is 30.4 Å². The third kappa shape index (κ3) is 5.53. The van der Waals surface area contributed by atoms with Gasteiger partial charge in [0.25, 0.3) is 0 Å². The van der Waals surface area contributed by atoms with Gasteiger partial charge in [0.15, 0.2) is 0 Å². The standard InChI is InChI=1S/C27H27F2N5O6/c1-14(35)32-11-17-12-34(27(39)40-17)16-4-5-22(20(28)8-16)30-6-7-31-23-10-24-18(9-21(23)29)25(36)19(26(37)38)13-33(24)15-2-3-15/h4-5,8-10,13,15,17,30-31H,2-3,6-7,11-12H2,1H3,(H,32,35)(H,37,38)/t17-/m0/s1. The van der Waals surface area contributed by atoms with Crippen LogP contribution in [0.5, 0.6) is 0 Å². The second-order valence-corrected chi connectivity index (χ2v) is 9.74. The molecule has 4 N–H and O–H groups in total. The van der Waals surface area contributed by atoms with Crippen molar-refractivity contribution in [1.29, 1.82) is 0 Å². The van der Waals surface area contributed by atoms with Gasteiger partial charge in [-0.25, -0.2) is 18.4 Å². The maximum atomic E-state index is 14.8. The van der Waals surface area contributed by atoms with Gasteiger partial charge in [0.05, 0.1) is 35.7 Å². The van der Waals surface area contributed by atoms with Crippen LogP contribution in [0.15, 0.2) is 41.3 Å². The van der Waals surface area contributed by atoms with Gasteiger partial charge >= 0.3 is 12.1 Å². The highest BCUT2D eigenvalue weighted by atomic mass is 19.1. The predicted molar refractivity (Wildman–Crippen MR) is 143 cm³/mol. The summed E-state index contributed by atoms with van der Waals surface area (Å²) in [6.07, 6.45) is 1.80. The molecule has 13 heteroatoms. The molecule has 11 nitrogen and oxygen atoms in total. The molecule has 2 fully saturated rings. The topological polar surface area (TPSA) is 142 Å². The quantitative estimate of drug-likeness (QED) is 0.279. The number of aromatic carboxylic acids is 1. The van der Waals surface area contributed by atoms with Crippen molar-refractivity contribution in [2.45, 2.75) is 31.9 Å². The average Bonchev–Trinajstić information content (AvgIpc) is 3.68. The molecule has 40 heavy (non-hydrogen) atoms. The molecule has 2 amide bonds.